The normalized spacial score (nSPS) is 12.2. The smallest absolute Gasteiger partial charge is 0.433 e. The van der Waals surface area contributed by atoms with E-state index in [1.807, 2.05) is 44.2 Å². The Morgan fingerprint density at radius 2 is 2.00 bits per heavy atom. The lowest BCUT2D eigenvalue weighted by atomic mass is 10.1. The standard InChI is InChI=1S/C18H18N2O5/c1-3-10-19(18(21)15-8-9-17(25-15)20(22)23)12(2)16-11-13-6-4-5-7-14(13)24-16/h4-9,11-12H,3,10H2,1-2H3. The van der Waals surface area contributed by atoms with Crippen molar-refractivity contribution >= 4 is 22.8 Å². The fraction of sp³-hybridized carbons (Fsp3) is 0.278. The molecule has 7 heteroatoms. The van der Waals surface area contributed by atoms with Crippen molar-refractivity contribution in [1.29, 1.82) is 0 Å². The highest BCUT2D eigenvalue weighted by atomic mass is 16.6. The number of hydrogen-bond donors (Lipinski definition) is 0. The highest BCUT2D eigenvalue weighted by molar-refractivity contribution is 5.92. The Bertz CT molecular complexity index is 878. The van der Waals surface area contributed by atoms with Crippen molar-refractivity contribution in [2.75, 3.05) is 6.54 Å². The second kappa shape index (κ2) is 6.80. The number of fused-ring (bicyclic) bond motifs is 1. The zero-order valence-electron chi connectivity index (χ0n) is 14.0. The lowest BCUT2D eigenvalue weighted by molar-refractivity contribution is -0.402. The van der Waals surface area contributed by atoms with Crippen molar-refractivity contribution in [3.05, 3.63) is 64.1 Å². The highest BCUT2D eigenvalue weighted by Crippen LogP contribution is 2.29. The number of carbonyl (C=O) groups excluding carboxylic acids is 1. The maximum absolute atomic E-state index is 12.8. The van der Waals surface area contributed by atoms with Gasteiger partial charge in [0, 0.05) is 11.9 Å². The van der Waals surface area contributed by atoms with Gasteiger partial charge in [-0.1, -0.05) is 25.1 Å². The van der Waals surface area contributed by atoms with Crippen molar-refractivity contribution in [2.24, 2.45) is 0 Å². The van der Waals surface area contributed by atoms with Gasteiger partial charge in [0.05, 0.1) is 12.1 Å². The Hall–Kier alpha value is -3.09. The molecule has 0 fully saturated rings. The second-order valence-electron chi connectivity index (χ2n) is 5.76. The molecule has 0 bridgehead atoms. The fourth-order valence-corrected chi connectivity index (χ4v) is 2.76. The fourth-order valence-electron chi connectivity index (χ4n) is 2.76. The molecule has 0 saturated carbocycles. The van der Waals surface area contributed by atoms with Gasteiger partial charge >= 0.3 is 5.88 Å². The predicted octanol–water partition coefficient (Wildman–Crippen LogP) is 4.55. The van der Waals surface area contributed by atoms with E-state index in [2.05, 4.69) is 0 Å². The largest absolute Gasteiger partial charge is 0.459 e. The molecule has 1 atom stereocenters. The van der Waals surface area contributed by atoms with E-state index in [1.165, 1.54) is 12.1 Å². The zero-order valence-corrected chi connectivity index (χ0v) is 14.0. The van der Waals surface area contributed by atoms with E-state index in [0.717, 1.165) is 17.4 Å². The van der Waals surface area contributed by atoms with Crippen LogP contribution in [-0.2, 0) is 0 Å². The van der Waals surface area contributed by atoms with Crippen LogP contribution in [0.4, 0.5) is 5.88 Å². The molecule has 7 nitrogen and oxygen atoms in total. The lowest BCUT2D eigenvalue weighted by Crippen LogP contribution is -2.34. The number of hydrogen-bond acceptors (Lipinski definition) is 5. The Morgan fingerprint density at radius 1 is 1.24 bits per heavy atom. The molecule has 0 aliphatic heterocycles. The van der Waals surface area contributed by atoms with Crippen molar-refractivity contribution in [1.82, 2.24) is 4.90 Å². The Balaban J connectivity index is 1.90. The number of para-hydroxylation sites is 1. The SMILES string of the molecule is CCCN(C(=O)c1ccc([N+](=O)[O-])o1)C(C)c1cc2ccccc2o1. The van der Waals surface area contributed by atoms with Gasteiger partial charge in [-0.25, -0.2) is 0 Å². The lowest BCUT2D eigenvalue weighted by Gasteiger charge is -2.26. The molecule has 0 radical (unpaired) electrons. The van der Waals surface area contributed by atoms with E-state index in [4.69, 9.17) is 8.83 Å². The summed E-state index contributed by atoms with van der Waals surface area (Å²) in [7, 11) is 0. The second-order valence-corrected chi connectivity index (χ2v) is 5.76. The van der Waals surface area contributed by atoms with Crippen LogP contribution >= 0.6 is 0 Å². The molecule has 0 spiro atoms. The summed E-state index contributed by atoms with van der Waals surface area (Å²) in [6, 6.07) is 11.7. The topological polar surface area (TPSA) is 89.7 Å². The third-order valence-corrected chi connectivity index (χ3v) is 4.03. The first-order valence-electron chi connectivity index (χ1n) is 8.05. The van der Waals surface area contributed by atoms with Crippen LogP contribution in [0.15, 0.2) is 51.3 Å². The summed E-state index contributed by atoms with van der Waals surface area (Å²) in [6.07, 6.45) is 0.735. The summed E-state index contributed by atoms with van der Waals surface area (Å²) in [4.78, 5) is 24.5. The number of amides is 1. The number of furan rings is 2. The first-order chi connectivity index (χ1) is 12.0. The van der Waals surface area contributed by atoms with Gasteiger partial charge in [-0.3, -0.25) is 14.9 Å². The summed E-state index contributed by atoms with van der Waals surface area (Å²) in [5.74, 6) is -0.244. The van der Waals surface area contributed by atoms with Gasteiger partial charge in [0.2, 0.25) is 0 Å². The van der Waals surface area contributed by atoms with Gasteiger partial charge in [-0.15, -0.1) is 0 Å². The van der Waals surface area contributed by atoms with Crippen LogP contribution in [-0.4, -0.2) is 22.3 Å². The van der Waals surface area contributed by atoms with Crippen molar-refractivity contribution in [2.45, 2.75) is 26.3 Å². The van der Waals surface area contributed by atoms with Crippen LogP contribution in [0.3, 0.4) is 0 Å². The van der Waals surface area contributed by atoms with E-state index in [0.29, 0.717) is 12.3 Å². The van der Waals surface area contributed by atoms with Gasteiger partial charge in [-0.05, 0) is 31.5 Å². The van der Waals surface area contributed by atoms with Crippen LogP contribution in [0.1, 0.15) is 42.6 Å². The molecule has 1 amide bonds. The van der Waals surface area contributed by atoms with Gasteiger partial charge in [0.1, 0.15) is 16.3 Å². The van der Waals surface area contributed by atoms with E-state index in [1.54, 1.807) is 4.90 Å². The molecule has 2 heterocycles. The van der Waals surface area contributed by atoms with Gasteiger partial charge < -0.3 is 13.7 Å². The minimum atomic E-state index is -0.663. The number of rotatable bonds is 6. The molecule has 3 rings (SSSR count). The monoisotopic (exact) mass is 342 g/mol. The highest BCUT2D eigenvalue weighted by Gasteiger charge is 2.28. The summed E-state index contributed by atoms with van der Waals surface area (Å²) < 4.78 is 10.9. The zero-order chi connectivity index (χ0) is 18.0. The van der Waals surface area contributed by atoms with Crippen LogP contribution < -0.4 is 0 Å². The van der Waals surface area contributed by atoms with Crippen molar-refractivity contribution in [3.8, 4) is 0 Å². The molecule has 0 saturated heterocycles. The average Bonchev–Trinajstić information content (AvgIpc) is 3.25. The summed E-state index contributed by atoms with van der Waals surface area (Å²) in [5, 5.41) is 11.7. The van der Waals surface area contributed by atoms with E-state index >= 15 is 0 Å². The molecule has 0 aliphatic rings. The quantitative estimate of drug-likeness (QED) is 0.484. The molecule has 3 aromatic rings. The van der Waals surface area contributed by atoms with E-state index < -0.39 is 16.7 Å². The van der Waals surface area contributed by atoms with Crippen LogP contribution in [0.2, 0.25) is 0 Å². The first kappa shape index (κ1) is 16.8. The molecular weight excluding hydrogens is 324 g/mol. The minimum absolute atomic E-state index is 0.0527. The molecule has 130 valence electrons. The maximum atomic E-state index is 12.8. The number of nitrogens with zero attached hydrogens (tertiary/aromatic N) is 2. The third kappa shape index (κ3) is 3.26. The predicted molar refractivity (Wildman–Crippen MR) is 91.3 cm³/mol. The molecule has 2 aromatic heterocycles. The van der Waals surface area contributed by atoms with Crippen LogP contribution in [0.25, 0.3) is 11.0 Å². The van der Waals surface area contributed by atoms with Crippen molar-refractivity contribution in [3.63, 3.8) is 0 Å². The average molecular weight is 342 g/mol. The Labute approximate surface area is 144 Å². The third-order valence-electron chi connectivity index (χ3n) is 4.03. The molecule has 1 unspecified atom stereocenters. The van der Waals surface area contributed by atoms with Crippen LogP contribution in [0, 0.1) is 10.1 Å². The van der Waals surface area contributed by atoms with Gasteiger partial charge in [0.15, 0.2) is 5.76 Å². The van der Waals surface area contributed by atoms with E-state index in [-0.39, 0.29) is 11.8 Å². The van der Waals surface area contributed by atoms with Gasteiger partial charge in [0.25, 0.3) is 5.91 Å². The van der Waals surface area contributed by atoms with Crippen LogP contribution in [0.5, 0.6) is 0 Å². The molecular formula is C18H18N2O5. The van der Waals surface area contributed by atoms with Gasteiger partial charge in [-0.2, -0.15) is 0 Å². The molecule has 1 aromatic carbocycles. The minimum Gasteiger partial charge on any atom is -0.459 e. The Morgan fingerprint density at radius 3 is 2.64 bits per heavy atom. The number of nitro groups is 1. The summed E-state index contributed by atoms with van der Waals surface area (Å²) in [6.45, 7) is 4.30. The first-order valence-corrected chi connectivity index (χ1v) is 8.05. The Kier molecular flexibility index (Phi) is 4.56. The van der Waals surface area contributed by atoms with Crippen molar-refractivity contribution < 1.29 is 18.6 Å². The number of carbonyl (C=O) groups is 1. The molecule has 0 aliphatic carbocycles. The summed E-state index contributed by atoms with van der Waals surface area (Å²) >= 11 is 0. The number of benzene rings is 1. The molecule has 0 N–H and O–H groups in total. The summed E-state index contributed by atoms with van der Waals surface area (Å²) in [5.41, 5.74) is 0.752. The molecule has 25 heavy (non-hydrogen) atoms. The maximum Gasteiger partial charge on any atom is 0.433 e. The van der Waals surface area contributed by atoms with E-state index in [9.17, 15) is 14.9 Å².